The van der Waals surface area contributed by atoms with E-state index in [2.05, 4.69) is 34.1 Å². The summed E-state index contributed by atoms with van der Waals surface area (Å²) in [7, 11) is 0. The Morgan fingerprint density at radius 1 is 1.16 bits per heavy atom. The molecule has 1 atom stereocenters. The number of rotatable bonds is 3. The van der Waals surface area contributed by atoms with E-state index < -0.39 is 0 Å². The van der Waals surface area contributed by atoms with E-state index in [4.69, 9.17) is 0 Å². The number of benzene rings is 1. The van der Waals surface area contributed by atoms with Gasteiger partial charge in [-0.05, 0) is 31.0 Å². The second-order valence-electron chi connectivity index (χ2n) is 5.07. The van der Waals surface area contributed by atoms with Crippen LogP contribution in [0.4, 0.5) is 0 Å². The van der Waals surface area contributed by atoms with Crippen molar-refractivity contribution in [2.24, 2.45) is 0 Å². The molecule has 3 rings (SSSR count). The predicted molar refractivity (Wildman–Crippen MR) is 75.9 cm³/mol. The van der Waals surface area contributed by atoms with Crippen molar-refractivity contribution in [3.05, 3.63) is 70.1 Å². The van der Waals surface area contributed by atoms with Gasteiger partial charge in [-0.1, -0.05) is 36.4 Å². The normalized spacial score (nSPS) is 19.7. The number of likely N-dealkylation sites (tertiary alicyclic amines) is 1. The van der Waals surface area contributed by atoms with Gasteiger partial charge < -0.3 is 4.98 Å². The van der Waals surface area contributed by atoms with Gasteiger partial charge in [0, 0.05) is 24.3 Å². The van der Waals surface area contributed by atoms with Gasteiger partial charge in [0.25, 0.3) is 5.56 Å². The highest BCUT2D eigenvalue weighted by Gasteiger charge is 2.27. The van der Waals surface area contributed by atoms with Gasteiger partial charge in [-0.2, -0.15) is 0 Å². The van der Waals surface area contributed by atoms with Gasteiger partial charge in [-0.25, -0.2) is 0 Å². The summed E-state index contributed by atoms with van der Waals surface area (Å²) in [6.45, 7) is 1.98. The Labute approximate surface area is 112 Å². The zero-order valence-electron chi connectivity index (χ0n) is 10.9. The van der Waals surface area contributed by atoms with Crippen molar-refractivity contribution in [1.82, 2.24) is 9.88 Å². The van der Waals surface area contributed by atoms with Crippen LogP contribution in [0.5, 0.6) is 0 Å². The second-order valence-corrected chi connectivity index (χ2v) is 5.07. The molecule has 1 saturated heterocycles. The SMILES string of the molecule is O=c1[nH]cccc1[C@@H]1CCCN1Cc1ccccc1. The van der Waals surface area contributed by atoms with Crippen LogP contribution in [0.1, 0.15) is 30.0 Å². The predicted octanol–water partition coefficient (Wildman–Crippen LogP) is 2.71. The molecule has 0 bridgehead atoms. The van der Waals surface area contributed by atoms with Crippen LogP contribution >= 0.6 is 0 Å². The molecular formula is C16H18N2O. The fraction of sp³-hybridized carbons (Fsp3) is 0.312. The molecule has 1 aliphatic heterocycles. The third-order valence-electron chi connectivity index (χ3n) is 3.80. The minimum Gasteiger partial charge on any atom is -0.329 e. The van der Waals surface area contributed by atoms with Crippen LogP contribution in [0, 0.1) is 0 Å². The first-order valence-electron chi connectivity index (χ1n) is 6.80. The molecule has 0 radical (unpaired) electrons. The van der Waals surface area contributed by atoms with Crippen molar-refractivity contribution in [3.8, 4) is 0 Å². The van der Waals surface area contributed by atoms with E-state index in [0.29, 0.717) is 0 Å². The first kappa shape index (κ1) is 12.2. The van der Waals surface area contributed by atoms with Gasteiger partial charge in [0.2, 0.25) is 0 Å². The minimum absolute atomic E-state index is 0.0486. The number of pyridine rings is 1. The molecule has 2 aromatic rings. The van der Waals surface area contributed by atoms with Gasteiger partial charge in [0.05, 0.1) is 0 Å². The Hall–Kier alpha value is -1.87. The summed E-state index contributed by atoms with van der Waals surface area (Å²) >= 11 is 0. The fourth-order valence-electron chi connectivity index (χ4n) is 2.88. The molecule has 1 N–H and O–H groups in total. The zero-order chi connectivity index (χ0) is 13.1. The number of aromatic nitrogens is 1. The molecular weight excluding hydrogens is 236 g/mol. The summed E-state index contributed by atoms with van der Waals surface area (Å²) < 4.78 is 0. The van der Waals surface area contributed by atoms with E-state index in [-0.39, 0.29) is 11.6 Å². The number of nitrogens with one attached hydrogen (secondary N) is 1. The molecule has 2 heterocycles. The zero-order valence-corrected chi connectivity index (χ0v) is 10.9. The third kappa shape index (κ3) is 2.61. The minimum atomic E-state index is 0.0486. The van der Waals surface area contributed by atoms with Crippen molar-refractivity contribution in [2.75, 3.05) is 6.54 Å². The summed E-state index contributed by atoms with van der Waals surface area (Å²) in [6, 6.07) is 14.6. The van der Waals surface area contributed by atoms with Crippen LogP contribution in [0.3, 0.4) is 0 Å². The van der Waals surface area contributed by atoms with Crippen molar-refractivity contribution >= 4 is 0 Å². The molecule has 3 nitrogen and oxygen atoms in total. The summed E-state index contributed by atoms with van der Waals surface area (Å²) in [6.07, 6.45) is 3.92. The van der Waals surface area contributed by atoms with Crippen molar-refractivity contribution in [3.63, 3.8) is 0 Å². The smallest absolute Gasteiger partial charge is 0.252 e. The molecule has 1 aliphatic rings. The van der Waals surface area contributed by atoms with Crippen LogP contribution in [0.25, 0.3) is 0 Å². The Kier molecular flexibility index (Phi) is 3.47. The number of H-pyrrole nitrogens is 1. The Balaban J connectivity index is 1.83. The molecule has 1 aromatic heterocycles. The van der Waals surface area contributed by atoms with Gasteiger partial charge >= 0.3 is 0 Å². The summed E-state index contributed by atoms with van der Waals surface area (Å²) in [5.74, 6) is 0. The van der Waals surface area contributed by atoms with Crippen LogP contribution < -0.4 is 5.56 Å². The summed E-state index contributed by atoms with van der Waals surface area (Å²) in [5.41, 5.74) is 2.25. The maximum absolute atomic E-state index is 11.9. The molecule has 3 heteroatoms. The highest BCUT2D eigenvalue weighted by Crippen LogP contribution is 2.31. The largest absolute Gasteiger partial charge is 0.329 e. The number of nitrogens with zero attached hydrogens (tertiary/aromatic N) is 1. The van der Waals surface area contributed by atoms with Crippen molar-refractivity contribution in [1.29, 1.82) is 0 Å². The van der Waals surface area contributed by atoms with E-state index in [1.807, 2.05) is 18.2 Å². The Morgan fingerprint density at radius 2 is 2.00 bits per heavy atom. The molecule has 0 amide bonds. The first-order valence-corrected chi connectivity index (χ1v) is 6.80. The highest BCUT2D eigenvalue weighted by molar-refractivity contribution is 5.18. The number of hydrogen-bond donors (Lipinski definition) is 1. The maximum Gasteiger partial charge on any atom is 0.252 e. The second kappa shape index (κ2) is 5.41. The lowest BCUT2D eigenvalue weighted by molar-refractivity contribution is 0.247. The summed E-state index contributed by atoms with van der Waals surface area (Å²) in [4.78, 5) is 17.1. The highest BCUT2D eigenvalue weighted by atomic mass is 16.1. The van der Waals surface area contributed by atoms with E-state index in [1.54, 1.807) is 6.20 Å². The average molecular weight is 254 g/mol. The molecule has 0 unspecified atom stereocenters. The molecule has 1 fully saturated rings. The van der Waals surface area contributed by atoms with Gasteiger partial charge in [0.1, 0.15) is 0 Å². The van der Waals surface area contributed by atoms with E-state index >= 15 is 0 Å². The van der Waals surface area contributed by atoms with Gasteiger partial charge in [-0.15, -0.1) is 0 Å². The quantitative estimate of drug-likeness (QED) is 0.914. The lowest BCUT2D eigenvalue weighted by Gasteiger charge is -2.24. The molecule has 0 aliphatic carbocycles. The molecule has 1 aromatic carbocycles. The molecule has 0 spiro atoms. The van der Waals surface area contributed by atoms with E-state index in [9.17, 15) is 4.79 Å². The first-order chi connectivity index (χ1) is 9.34. The van der Waals surface area contributed by atoms with Gasteiger partial charge in [0.15, 0.2) is 0 Å². The molecule has 19 heavy (non-hydrogen) atoms. The van der Waals surface area contributed by atoms with Gasteiger partial charge in [-0.3, -0.25) is 9.69 Å². The lowest BCUT2D eigenvalue weighted by Crippen LogP contribution is -2.27. The summed E-state index contributed by atoms with van der Waals surface area (Å²) in [5, 5.41) is 0. The Bertz CT molecular complexity index is 591. The van der Waals surface area contributed by atoms with Crippen LogP contribution in [-0.4, -0.2) is 16.4 Å². The van der Waals surface area contributed by atoms with Crippen LogP contribution in [0.2, 0.25) is 0 Å². The lowest BCUT2D eigenvalue weighted by atomic mass is 10.1. The van der Waals surface area contributed by atoms with E-state index in [1.165, 1.54) is 5.56 Å². The Morgan fingerprint density at radius 3 is 2.79 bits per heavy atom. The molecule has 98 valence electrons. The van der Waals surface area contributed by atoms with Crippen LogP contribution in [-0.2, 0) is 6.54 Å². The molecule has 0 saturated carbocycles. The van der Waals surface area contributed by atoms with E-state index in [0.717, 1.165) is 31.5 Å². The average Bonchev–Trinajstić information content (AvgIpc) is 2.88. The monoisotopic (exact) mass is 254 g/mol. The third-order valence-corrected chi connectivity index (χ3v) is 3.80. The fourth-order valence-corrected chi connectivity index (χ4v) is 2.88. The van der Waals surface area contributed by atoms with Crippen LogP contribution in [0.15, 0.2) is 53.5 Å². The van der Waals surface area contributed by atoms with Crippen molar-refractivity contribution < 1.29 is 0 Å². The maximum atomic E-state index is 11.9. The standard InChI is InChI=1S/C16H18N2O/c19-16-14(8-4-10-17-16)15-9-5-11-18(15)12-13-6-2-1-3-7-13/h1-4,6-8,10,15H,5,9,11-12H2,(H,17,19)/t15-/m0/s1. The topological polar surface area (TPSA) is 36.1 Å². The number of hydrogen-bond acceptors (Lipinski definition) is 2. The van der Waals surface area contributed by atoms with Crippen molar-refractivity contribution in [2.45, 2.75) is 25.4 Å². The number of aromatic amines is 1.